The van der Waals surface area contributed by atoms with E-state index >= 15 is 0 Å². The quantitative estimate of drug-likeness (QED) is 0.140. The lowest BCUT2D eigenvalue weighted by Gasteiger charge is -2.15. The third-order valence-electron chi connectivity index (χ3n) is 5.92. The summed E-state index contributed by atoms with van der Waals surface area (Å²) in [6.45, 7) is 1.99. The highest BCUT2D eigenvalue weighted by atomic mass is 16.5. The number of rotatable bonds is 5. The summed E-state index contributed by atoms with van der Waals surface area (Å²) in [6.07, 6.45) is 3.07. The molecule has 0 atom stereocenters. The highest BCUT2D eigenvalue weighted by molar-refractivity contribution is 6.24. The molecule has 0 saturated carbocycles. The molecule has 4 heteroatoms. The first-order valence-electron chi connectivity index (χ1n) is 10.4. The van der Waals surface area contributed by atoms with Gasteiger partial charge in [-0.15, -0.1) is 0 Å². The van der Waals surface area contributed by atoms with Crippen molar-refractivity contribution in [3.05, 3.63) is 83.9 Å². The summed E-state index contributed by atoms with van der Waals surface area (Å²) in [7, 11) is 3.18. The first kappa shape index (κ1) is 19.9. The average molecular weight is 422 g/mol. The molecule has 0 saturated heterocycles. The fourth-order valence-corrected chi connectivity index (χ4v) is 4.30. The summed E-state index contributed by atoms with van der Waals surface area (Å²) in [5.41, 5.74) is 1.67. The van der Waals surface area contributed by atoms with Crippen molar-refractivity contribution >= 4 is 44.4 Å². The molecule has 0 radical (unpaired) electrons. The van der Waals surface area contributed by atoms with Gasteiger partial charge >= 0.3 is 5.97 Å². The first-order valence-corrected chi connectivity index (χ1v) is 10.4. The van der Waals surface area contributed by atoms with Crippen molar-refractivity contribution in [3.8, 4) is 17.2 Å². The van der Waals surface area contributed by atoms with Crippen LogP contribution in [0.25, 0.3) is 38.4 Å². The van der Waals surface area contributed by atoms with Crippen molar-refractivity contribution in [2.24, 2.45) is 0 Å². The van der Waals surface area contributed by atoms with Gasteiger partial charge in [0.25, 0.3) is 0 Å². The van der Waals surface area contributed by atoms with Gasteiger partial charge in [-0.2, -0.15) is 0 Å². The SMILES string of the molecule is COc1ccc(OC)c(C=CC(=O)Oc2cc3ccc4cccc5ccc(c2C)c3c45)c1. The molecule has 5 aromatic carbocycles. The smallest absolute Gasteiger partial charge is 0.336 e. The Balaban J connectivity index is 1.51. The Bertz CT molecular complexity index is 1480. The molecule has 158 valence electrons. The summed E-state index contributed by atoms with van der Waals surface area (Å²) < 4.78 is 16.4. The van der Waals surface area contributed by atoms with Crippen LogP contribution in [0.5, 0.6) is 17.2 Å². The van der Waals surface area contributed by atoms with Gasteiger partial charge in [0.15, 0.2) is 0 Å². The standard InChI is InChI=1S/C28H22O4/c1-17-23-12-9-19-6-4-5-18-7-8-21(28(23)27(18)19)16-25(17)32-26(29)14-10-20-15-22(30-2)11-13-24(20)31-3/h4-16H,1-3H3. The first-order chi connectivity index (χ1) is 15.6. The summed E-state index contributed by atoms with van der Waals surface area (Å²) >= 11 is 0. The maximum absolute atomic E-state index is 12.7. The van der Waals surface area contributed by atoms with E-state index in [-0.39, 0.29) is 0 Å². The molecule has 5 aromatic rings. The van der Waals surface area contributed by atoms with Gasteiger partial charge in [-0.25, -0.2) is 4.79 Å². The summed E-state index contributed by atoms with van der Waals surface area (Å²) in [4.78, 5) is 12.7. The molecule has 0 spiro atoms. The predicted molar refractivity (Wildman–Crippen MR) is 129 cm³/mol. The van der Waals surface area contributed by atoms with Crippen LogP contribution in [-0.4, -0.2) is 20.2 Å². The Morgan fingerprint density at radius 2 is 1.53 bits per heavy atom. The molecule has 0 aliphatic carbocycles. The number of aryl methyl sites for hydroxylation is 1. The number of methoxy groups -OCH3 is 2. The summed E-state index contributed by atoms with van der Waals surface area (Å²) in [5.74, 6) is 1.43. The second kappa shape index (κ2) is 7.89. The maximum Gasteiger partial charge on any atom is 0.336 e. The zero-order valence-corrected chi connectivity index (χ0v) is 18.1. The molecule has 0 fully saturated rings. The van der Waals surface area contributed by atoms with Gasteiger partial charge in [-0.3, -0.25) is 0 Å². The van der Waals surface area contributed by atoms with Crippen LogP contribution in [0.3, 0.4) is 0 Å². The van der Waals surface area contributed by atoms with E-state index in [1.807, 2.05) is 19.1 Å². The van der Waals surface area contributed by atoms with E-state index in [0.29, 0.717) is 17.2 Å². The van der Waals surface area contributed by atoms with Gasteiger partial charge < -0.3 is 14.2 Å². The zero-order valence-electron chi connectivity index (χ0n) is 18.1. The van der Waals surface area contributed by atoms with Gasteiger partial charge in [-0.05, 0) is 75.1 Å². The topological polar surface area (TPSA) is 44.8 Å². The Morgan fingerprint density at radius 3 is 2.28 bits per heavy atom. The van der Waals surface area contributed by atoms with Crippen LogP contribution in [0.4, 0.5) is 0 Å². The normalized spacial score (nSPS) is 11.6. The minimum atomic E-state index is -0.453. The maximum atomic E-state index is 12.7. The number of hydrogen-bond acceptors (Lipinski definition) is 4. The van der Waals surface area contributed by atoms with E-state index in [1.165, 1.54) is 27.6 Å². The van der Waals surface area contributed by atoms with Gasteiger partial charge in [0.2, 0.25) is 0 Å². The fraction of sp³-hybridized carbons (Fsp3) is 0.107. The lowest BCUT2D eigenvalue weighted by Crippen LogP contribution is -2.05. The summed E-state index contributed by atoms with van der Waals surface area (Å²) in [5, 5.41) is 7.01. The zero-order chi connectivity index (χ0) is 22.2. The molecule has 0 aliphatic heterocycles. The van der Waals surface area contributed by atoms with Crippen molar-refractivity contribution in [2.45, 2.75) is 6.92 Å². The Kier molecular flexibility index (Phi) is 4.91. The van der Waals surface area contributed by atoms with Crippen molar-refractivity contribution in [2.75, 3.05) is 14.2 Å². The van der Waals surface area contributed by atoms with Crippen LogP contribution < -0.4 is 14.2 Å². The highest BCUT2D eigenvalue weighted by Crippen LogP contribution is 2.39. The highest BCUT2D eigenvalue weighted by Gasteiger charge is 2.14. The molecule has 0 heterocycles. The number of carbonyl (C=O) groups is 1. The molecular formula is C28H22O4. The molecule has 5 rings (SSSR count). The lowest BCUT2D eigenvalue weighted by atomic mass is 9.92. The second-order valence-electron chi connectivity index (χ2n) is 7.72. The predicted octanol–water partition coefficient (Wildman–Crippen LogP) is 6.53. The summed E-state index contributed by atoms with van der Waals surface area (Å²) in [6, 6.07) is 22.1. The number of ether oxygens (including phenoxy) is 3. The Morgan fingerprint density at radius 1 is 0.781 bits per heavy atom. The number of carbonyl (C=O) groups excluding carboxylic acids is 1. The monoisotopic (exact) mass is 422 g/mol. The van der Waals surface area contributed by atoms with Gasteiger partial charge in [0.05, 0.1) is 14.2 Å². The van der Waals surface area contributed by atoms with Crippen LogP contribution >= 0.6 is 0 Å². The van der Waals surface area contributed by atoms with Crippen LogP contribution in [0.1, 0.15) is 11.1 Å². The van der Waals surface area contributed by atoms with Crippen molar-refractivity contribution in [3.63, 3.8) is 0 Å². The van der Waals surface area contributed by atoms with E-state index < -0.39 is 5.97 Å². The molecule has 0 N–H and O–H groups in total. The lowest BCUT2D eigenvalue weighted by molar-refractivity contribution is -0.128. The van der Waals surface area contributed by atoms with Crippen molar-refractivity contribution in [1.82, 2.24) is 0 Å². The number of esters is 1. The number of benzene rings is 5. The van der Waals surface area contributed by atoms with Crippen LogP contribution in [0.15, 0.2) is 72.8 Å². The molecule has 0 aromatic heterocycles. The fourth-order valence-electron chi connectivity index (χ4n) is 4.30. The largest absolute Gasteiger partial charge is 0.497 e. The molecule has 0 bridgehead atoms. The van der Waals surface area contributed by atoms with E-state index in [9.17, 15) is 4.79 Å². The molecule has 0 aliphatic rings. The van der Waals surface area contributed by atoms with Gasteiger partial charge in [0, 0.05) is 11.6 Å². The van der Waals surface area contributed by atoms with Gasteiger partial charge in [-0.1, -0.05) is 42.5 Å². The van der Waals surface area contributed by atoms with Crippen LogP contribution in [0, 0.1) is 6.92 Å². The van der Waals surface area contributed by atoms with Crippen LogP contribution in [-0.2, 0) is 4.79 Å². The number of hydrogen-bond donors (Lipinski definition) is 0. The Hall–Kier alpha value is -4.05. The second-order valence-corrected chi connectivity index (χ2v) is 7.72. The van der Waals surface area contributed by atoms with Gasteiger partial charge in [0.1, 0.15) is 17.2 Å². The van der Waals surface area contributed by atoms with E-state index in [4.69, 9.17) is 14.2 Å². The molecule has 0 amide bonds. The minimum absolute atomic E-state index is 0.453. The van der Waals surface area contributed by atoms with Crippen LogP contribution in [0.2, 0.25) is 0 Å². The average Bonchev–Trinajstić information content (AvgIpc) is 2.83. The molecule has 32 heavy (non-hydrogen) atoms. The van der Waals surface area contributed by atoms with E-state index in [1.54, 1.807) is 32.4 Å². The van der Waals surface area contributed by atoms with E-state index in [0.717, 1.165) is 21.9 Å². The third-order valence-corrected chi connectivity index (χ3v) is 5.92. The third kappa shape index (κ3) is 3.30. The molecular weight excluding hydrogens is 400 g/mol. The Labute approximate surface area is 186 Å². The van der Waals surface area contributed by atoms with E-state index in [2.05, 4.69) is 42.5 Å². The molecule has 4 nitrogen and oxygen atoms in total. The van der Waals surface area contributed by atoms with Crippen molar-refractivity contribution in [1.29, 1.82) is 0 Å². The molecule has 0 unspecified atom stereocenters. The minimum Gasteiger partial charge on any atom is -0.497 e. The van der Waals surface area contributed by atoms with Crippen molar-refractivity contribution < 1.29 is 19.0 Å².